The SMILES string of the molecule is COc1cc2oc3c(c2cc1/C(C)=C/C(=O)N1CCN(c2cc(C)ccc2C)CC1)CCCC3. The zero-order valence-corrected chi connectivity index (χ0v) is 20.7. The predicted molar refractivity (Wildman–Crippen MR) is 138 cm³/mol. The van der Waals surface area contributed by atoms with Gasteiger partial charge in [0.1, 0.15) is 17.1 Å². The molecule has 5 rings (SSSR count). The Morgan fingerprint density at radius 1 is 1.03 bits per heavy atom. The van der Waals surface area contributed by atoms with Crippen LogP contribution in [0.15, 0.2) is 40.8 Å². The van der Waals surface area contributed by atoms with Gasteiger partial charge in [-0.15, -0.1) is 0 Å². The Bertz CT molecular complexity index is 1260. The van der Waals surface area contributed by atoms with Crippen molar-refractivity contribution < 1.29 is 13.9 Å². The van der Waals surface area contributed by atoms with Gasteiger partial charge in [-0.1, -0.05) is 12.1 Å². The third-order valence-corrected chi connectivity index (χ3v) is 7.34. The molecule has 0 atom stereocenters. The van der Waals surface area contributed by atoms with Crippen LogP contribution < -0.4 is 9.64 Å². The molecule has 0 bridgehead atoms. The minimum atomic E-state index is 0.0643. The molecule has 34 heavy (non-hydrogen) atoms. The number of anilines is 1. The van der Waals surface area contributed by atoms with E-state index in [1.54, 1.807) is 13.2 Å². The second-order valence-electron chi connectivity index (χ2n) is 9.69. The Labute approximate surface area is 202 Å². The Balaban J connectivity index is 1.35. The van der Waals surface area contributed by atoms with Gasteiger partial charge in [0.05, 0.1) is 7.11 Å². The summed E-state index contributed by atoms with van der Waals surface area (Å²) in [6.07, 6.45) is 6.21. The maximum atomic E-state index is 13.2. The molecule has 5 nitrogen and oxygen atoms in total. The quantitative estimate of drug-likeness (QED) is 0.471. The third-order valence-electron chi connectivity index (χ3n) is 7.34. The number of methoxy groups -OCH3 is 1. The van der Waals surface area contributed by atoms with E-state index in [0.29, 0.717) is 0 Å². The van der Waals surface area contributed by atoms with Crippen molar-refractivity contribution in [2.24, 2.45) is 0 Å². The molecule has 178 valence electrons. The van der Waals surface area contributed by atoms with Gasteiger partial charge in [-0.25, -0.2) is 0 Å². The van der Waals surface area contributed by atoms with E-state index in [1.165, 1.54) is 35.2 Å². The fourth-order valence-corrected chi connectivity index (χ4v) is 5.35. The highest BCUT2D eigenvalue weighted by Gasteiger charge is 2.23. The van der Waals surface area contributed by atoms with Crippen LogP contribution in [0.2, 0.25) is 0 Å². The standard InChI is InChI=1S/C29H34N2O3/c1-19-9-10-20(2)25(15-19)30-11-13-31(14-12-30)29(32)16-21(3)23-17-24-22-7-5-6-8-26(22)34-28(24)18-27(23)33-4/h9-10,15-18H,5-8,11-14H2,1-4H3/b21-16+. The number of rotatable bonds is 4. The first kappa shape index (κ1) is 22.6. The highest BCUT2D eigenvalue weighted by Crippen LogP contribution is 2.38. The maximum absolute atomic E-state index is 13.2. The first-order valence-corrected chi connectivity index (χ1v) is 12.4. The largest absolute Gasteiger partial charge is 0.496 e. The minimum absolute atomic E-state index is 0.0643. The molecule has 1 aromatic heterocycles. The zero-order chi connectivity index (χ0) is 23.8. The lowest BCUT2D eigenvalue weighted by molar-refractivity contribution is -0.126. The van der Waals surface area contributed by atoms with Crippen molar-refractivity contribution >= 4 is 28.1 Å². The molecule has 1 amide bonds. The molecule has 1 saturated heterocycles. The van der Waals surface area contributed by atoms with E-state index in [-0.39, 0.29) is 5.91 Å². The molecule has 1 aliphatic heterocycles. The number of hydrogen-bond donors (Lipinski definition) is 0. The van der Waals surface area contributed by atoms with Crippen LogP contribution in [0.3, 0.4) is 0 Å². The first-order chi connectivity index (χ1) is 16.4. The van der Waals surface area contributed by atoms with Crippen LogP contribution in [-0.4, -0.2) is 44.1 Å². The molecule has 5 heteroatoms. The van der Waals surface area contributed by atoms with Crippen LogP contribution in [0.1, 0.15) is 47.8 Å². The second kappa shape index (κ2) is 9.21. The van der Waals surface area contributed by atoms with Crippen LogP contribution in [0.25, 0.3) is 16.5 Å². The molecule has 3 aromatic rings. The van der Waals surface area contributed by atoms with Crippen molar-refractivity contribution in [3.63, 3.8) is 0 Å². The van der Waals surface area contributed by atoms with Crippen molar-refractivity contribution in [2.75, 3.05) is 38.2 Å². The highest BCUT2D eigenvalue weighted by molar-refractivity contribution is 5.97. The maximum Gasteiger partial charge on any atom is 0.246 e. The summed E-state index contributed by atoms with van der Waals surface area (Å²) in [6.45, 7) is 9.42. The van der Waals surface area contributed by atoms with Gasteiger partial charge in [0, 0.05) is 66.9 Å². The number of hydrogen-bond acceptors (Lipinski definition) is 4. The fourth-order valence-electron chi connectivity index (χ4n) is 5.35. The molecule has 1 fully saturated rings. The van der Waals surface area contributed by atoms with Crippen molar-refractivity contribution in [1.29, 1.82) is 0 Å². The van der Waals surface area contributed by atoms with Gasteiger partial charge < -0.3 is 19.0 Å². The molecule has 0 unspecified atom stereocenters. The van der Waals surface area contributed by atoms with E-state index < -0.39 is 0 Å². The van der Waals surface area contributed by atoms with E-state index in [2.05, 4.69) is 43.0 Å². The fraction of sp³-hybridized carbons (Fsp3) is 0.414. The molecular formula is C29H34N2O3. The lowest BCUT2D eigenvalue weighted by atomic mass is 9.94. The highest BCUT2D eigenvalue weighted by atomic mass is 16.5. The van der Waals surface area contributed by atoms with Gasteiger partial charge in [-0.05, 0) is 68.9 Å². The average Bonchev–Trinajstić information content (AvgIpc) is 3.22. The van der Waals surface area contributed by atoms with Crippen molar-refractivity contribution in [3.05, 3.63) is 64.4 Å². The molecule has 0 radical (unpaired) electrons. The molecular weight excluding hydrogens is 424 g/mol. The van der Waals surface area contributed by atoms with Crippen LogP contribution in [0, 0.1) is 13.8 Å². The summed E-state index contributed by atoms with van der Waals surface area (Å²) in [5.74, 6) is 1.93. The molecule has 2 heterocycles. The number of fused-ring (bicyclic) bond motifs is 3. The van der Waals surface area contributed by atoms with Gasteiger partial charge in [-0.2, -0.15) is 0 Å². The number of amides is 1. The lowest BCUT2D eigenvalue weighted by Crippen LogP contribution is -2.48. The Hall–Kier alpha value is -3.21. The third kappa shape index (κ3) is 4.20. The summed E-state index contributed by atoms with van der Waals surface area (Å²) in [7, 11) is 1.68. The van der Waals surface area contributed by atoms with E-state index in [4.69, 9.17) is 9.15 Å². The van der Waals surface area contributed by atoms with Crippen molar-refractivity contribution in [2.45, 2.75) is 46.5 Å². The van der Waals surface area contributed by atoms with Gasteiger partial charge in [-0.3, -0.25) is 4.79 Å². The van der Waals surface area contributed by atoms with E-state index in [1.807, 2.05) is 17.9 Å². The summed E-state index contributed by atoms with van der Waals surface area (Å²) < 4.78 is 11.8. The van der Waals surface area contributed by atoms with E-state index in [0.717, 1.165) is 72.6 Å². The number of aryl methyl sites for hydroxylation is 4. The van der Waals surface area contributed by atoms with E-state index in [9.17, 15) is 4.79 Å². The molecule has 0 spiro atoms. The monoisotopic (exact) mass is 458 g/mol. The lowest BCUT2D eigenvalue weighted by Gasteiger charge is -2.36. The number of benzene rings is 2. The summed E-state index contributed by atoms with van der Waals surface area (Å²) in [6, 6.07) is 10.7. The van der Waals surface area contributed by atoms with Crippen LogP contribution in [0.5, 0.6) is 5.75 Å². The normalized spacial score (nSPS) is 16.6. The first-order valence-electron chi connectivity index (χ1n) is 12.4. The van der Waals surface area contributed by atoms with Crippen LogP contribution in [-0.2, 0) is 17.6 Å². The van der Waals surface area contributed by atoms with Gasteiger partial charge in [0.15, 0.2) is 0 Å². The number of carbonyl (C=O) groups excluding carboxylic acids is 1. The van der Waals surface area contributed by atoms with Crippen LogP contribution >= 0.6 is 0 Å². The Morgan fingerprint density at radius 2 is 1.79 bits per heavy atom. The predicted octanol–water partition coefficient (Wildman–Crippen LogP) is 5.69. The topological polar surface area (TPSA) is 45.9 Å². The summed E-state index contributed by atoms with van der Waals surface area (Å²) in [4.78, 5) is 17.5. The number of piperazine rings is 1. The van der Waals surface area contributed by atoms with Crippen molar-refractivity contribution in [3.8, 4) is 5.75 Å². The summed E-state index contributed by atoms with van der Waals surface area (Å²) >= 11 is 0. The molecule has 0 N–H and O–H groups in total. The Morgan fingerprint density at radius 3 is 2.56 bits per heavy atom. The number of carbonyl (C=O) groups is 1. The molecule has 1 aliphatic carbocycles. The Kier molecular flexibility index (Phi) is 6.11. The summed E-state index contributed by atoms with van der Waals surface area (Å²) in [5.41, 5.74) is 7.92. The number of ether oxygens (including phenoxy) is 1. The smallest absolute Gasteiger partial charge is 0.246 e. The van der Waals surface area contributed by atoms with E-state index >= 15 is 0 Å². The molecule has 0 saturated carbocycles. The van der Waals surface area contributed by atoms with Crippen molar-refractivity contribution in [1.82, 2.24) is 4.90 Å². The number of allylic oxidation sites excluding steroid dienone is 1. The van der Waals surface area contributed by atoms with Gasteiger partial charge in [0.25, 0.3) is 0 Å². The summed E-state index contributed by atoms with van der Waals surface area (Å²) in [5, 5.41) is 1.16. The average molecular weight is 459 g/mol. The minimum Gasteiger partial charge on any atom is -0.496 e. The molecule has 2 aromatic carbocycles. The number of nitrogens with zero attached hydrogens (tertiary/aromatic N) is 2. The molecule has 2 aliphatic rings. The number of furan rings is 1. The van der Waals surface area contributed by atoms with Gasteiger partial charge >= 0.3 is 0 Å². The van der Waals surface area contributed by atoms with Gasteiger partial charge in [0.2, 0.25) is 5.91 Å². The zero-order valence-electron chi connectivity index (χ0n) is 20.7. The van der Waals surface area contributed by atoms with Crippen LogP contribution in [0.4, 0.5) is 5.69 Å². The second-order valence-corrected chi connectivity index (χ2v) is 9.69.